The molecule has 0 atom stereocenters. The Morgan fingerprint density at radius 2 is 1.90 bits per heavy atom. The zero-order valence-electron chi connectivity index (χ0n) is 13.0. The molecule has 1 heterocycles. The molecule has 0 radical (unpaired) electrons. The van der Waals surface area contributed by atoms with Gasteiger partial charge in [-0.15, -0.1) is 0 Å². The first-order chi connectivity index (χ1) is 9.98. The average molecular weight is 290 g/mol. The van der Waals surface area contributed by atoms with E-state index in [9.17, 15) is 0 Å². The fraction of sp³-hybridized carbons (Fsp3) is 0.438. The first-order valence-corrected chi connectivity index (χ1v) is 7.07. The number of hydrogen-bond donors (Lipinski definition) is 1. The Kier molecular flexibility index (Phi) is 4.85. The summed E-state index contributed by atoms with van der Waals surface area (Å²) in [6.45, 7) is 9.43. The van der Waals surface area contributed by atoms with Gasteiger partial charge in [0.15, 0.2) is 11.5 Å². The van der Waals surface area contributed by atoms with Crippen LogP contribution in [0.1, 0.15) is 33.4 Å². The number of hydrogen-bond acceptors (Lipinski definition) is 5. The second-order valence-corrected chi connectivity index (χ2v) is 5.69. The van der Waals surface area contributed by atoms with Crippen LogP contribution in [0.3, 0.4) is 0 Å². The highest BCUT2D eigenvalue weighted by molar-refractivity contribution is 5.40. The molecule has 114 valence electrons. The van der Waals surface area contributed by atoms with E-state index in [0.717, 1.165) is 5.69 Å². The normalized spacial score (nSPS) is 11.4. The molecule has 1 aromatic heterocycles. The van der Waals surface area contributed by atoms with E-state index in [1.165, 1.54) is 0 Å². The van der Waals surface area contributed by atoms with E-state index in [2.05, 4.69) is 31.1 Å². The molecule has 0 spiro atoms. The molecule has 2 rings (SSSR count). The third-order valence-electron chi connectivity index (χ3n) is 2.68. The van der Waals surface area contributed by atoms with Crippen LogP contribution in [0.5, 0.6) is 17.6 Å². The van der Waals surface area contributed by atoms with Gasteiger partial charge in [0.1, 0.15) is 6.26 Å². The van der Waals surface area contributed by atoms with E-state index >= 15 is 0 Å². The zero-order chi connectivity index (χ0) is 15.3. The summed E-state index contributed by atoms with van der Waals surface area (Å²) in [6.07, 6.45) is 1.81. The van der Waals surface area contributed by atoms with Crippen LogP contribution in [-0.2, 0) is 6.54 Å². The van der Waals surface area contributed by atoms with Crippen LogP contribution in [-0.4, -0.2) is 17.1 Å². The van der Waals surface area contributed by atoms with Gasteiger partial charge in [-0.3, -0.25) is 0 Å². The molecule has 0 aliphatic carbocycles. The van der Waals surface area contributed by atoms with Crippen molar-refractivity contribution in [1.82, 2.24) is 10.3 Å². The van der Waals surface area contributed by atoms with Gasteiger partial charge in [-0.1, -0.05) is 12.1 Å². The predicted molar refractivity (Wildman–Crippen MR) is 80.8 cm³/mol. The third kappa shape index (κ3) is 4.79. The molecule has 0 aliphatic rings. The van der Waals surface area contributed by atoms with E-state index in [1.807, 2.05) is 31.2 Å². The summed E-state index contributed by atoms with van der Waals surface area (Å²) in [5.41, 5.74) is 0.829. The van der Waals surface area contributed by atoms with Gasteiger partial charge in [-0.2, -0.15) is 4.98 Å². The highest BCUT2D eigenvalue weighted by atomic mass is 16.6. The van der Waals surface area contributed by atoms with Crippen LogP contribution in [0.4, 0.5) is 0 Å². The summed E-state index contributed by atoms with van der Waals surface area (Å²) < 4.78 is 16.5. The highest BCUT2D eigenvalue weighted by Gasteiger charge is 2.13. The van der Waals surface area contributed by atoms with Gasteiger partial charge < -0.3 is 19.2 Å². The number of rotatable bonds is 6. The van der Waals surface area contributed by atoms with Crippen LogP contribution < -0.4 is 14.8 Å². The Hall–Kier alpha value is -2.01. The fourth-order valence-corrected chi connectivity index (χ4v) is 1.68. The van der Waals surface area contributed by atoms with E-state index < -0.39 is 0 Å². The topological polar surface area (TPSA) is 56.5 Å². The number of benzene rings is 1. The molecule has 0 aliphatic heterocycles. The van der Waals surface area contributed by atoms with Gasteiger partial charge in [0, 0.05) is 12.1 Å². The van der Waals surface area contributed by atoms with E-state index in [0.29, 0.717) is 24.7 Å². The van der Waals surface area contributed by atoms with Crippen molar-refractivity contribution in [3.63, 3.8) is 0 Å². The summed E-state index contributed by atoms with van der Waals surface area (Å²) >= 11 is 0. The van der Waals surface area contributed by atoms with Crippen LogP contribution in [0.25, 0.3) is 0 Å². The minimum atomic E-state index is 0.0293. The molecule has 0 saturated heterocycles. The van der Waals surface area contributed by atoms with Crippen molar-refractivity contribution < 1.29 is 13.9 Å². The Bertz CT molecular complexity index is 573. The fourth-order valence-electron chi connectivity index (χ4n) is 1.68. The second kappa shape index (κ2) is 6.63. The Morgan fingerprint density at radius 1 is 1.19 bits per heavy atom. The van der Waals surface area contributed by atoms with Crippen LogP contribution in [0.2, 0.25) is 0 Å². The highest BCUT2D eigenvalue weighted by Crippen LogP contribution is 2.30. The molecule has 0 amide bonds. The number of oxazole rings is 1. The number of aromatic nitrogens is 1. The van der Waals surface area contributed by atoms with Crippen molar-refractivity contribution in [2.24, 2.45) is 0 Å². The van der Waals surface area contributed by atoms with Crippen molar-refractivity contribution in [1.29, 1.82) is 0 Å². The summed E-state index contributed by atoms with van der Waals surface area (Å²) in [4.78, 5) is 4.30. The molecule has 5 nitrogen and oxygen atoms in total. The molecule has 1 N–H and O–H groups in total. The summed E-state index contributed by atoms with van der Waals surface area (Å²) in [5, 5.41) is 3.34. The van der Waals surface area contributed by atoms with Gasteiger partial charge in [0.2, 0.25) is 0 Å². The molecule has 0 saturated carbocycles. The number of para-hydroxylation sites is 2. The Balaban J connectivity index is 2.02. The summed E-state index contributed by atoms with van der Waals surface area (Å²) in [7, 11) is 0. The molecule has 5 heteroatoms. The summed E-state index contributed by atoms with van der Waals surface area (Å²) in [6, 6.07) is 7.45. The molecule has 0 fully saturated rings. The maximum Gasteiger partial charge on any atom is 0.399 e. The van der Waals surface area contributed by atoms with Crippen molar-refractivity contribution >= 4 is 0 Å². The minimum Gasteiger partial charge on any atom is -0.490 e. The number of nitrogens with one attached hydrogen (secondary N) is 1. The summed E-state index contributed by atoms with van der Waals surface area (Å²) in [5.74, 6) is 1.27. The first-order valence-electron chi connectivity index (χ1n) is 7.07. The van der Waals surface area contributed by atoms with Gasteiger partial charge >= 0.3 is 6.08 Å². The predicted octanol–water partition coefficient (Wildman–Crippen LogP) is 3.75. The smallest absolute Gasteiger partial charge is 0.399 e. The molecular weight excluding hydrogens is 268 g/mol. The van der Waals surface area contributed by atoms with Gasteiger partial charge in [0.05, 0.1) is 12.3 Å². The minimum absolute atomic E-state index is 0.0293. The zero-order valence-corrected chi connectivity index (χ0v) is 13.0. The standard InChI is InChI=1S/C16H22N2O3/c1-5-19-13-8-6-7-9-14(13)21-15-18-12(11-20-15)10-17-16(2,3)4/h6-9,11,17H,5,10H2,1-4H3. The lowest BCUT2D eigenvalue weighted by Gasteiger charge is -2.19. The lowest BCUT2D eigenvalue weighted by atomic mass is 10.1. The molecule has 1 aromatic carbocycles. The Labute approximate surface area is 125 Å². The monoisotopic (exact) mass is 290 g/mol. The van der Waals surface area contributed by atoms with Crippen molar-refractivity contribution in [2.45, 2.75) is 39.8 Å². The number of ether oxygens (including phenoxy) is 2. The number of nitrogens with zero attached hydrogens (tertiary/aromatic N) is 1. The van der Waals surface area contributed by atoms with Crippen LogP contribution in [0.15, 0.2) is 34.9 Å². The molecule has 2 aromatic rings. The Morgan fingerprint density at radius 3 is 2.57 bits per heavy atom. The maximum atomic E-state index is 5.64. The second-order valence-electron chi connectivity index (χ2n) is 5.69. The lowest BCUT2D eigenvalue weighted by molar-refractivity contribution is 0.291. The van der Waals surface area contributed by atoms with Gasteiger partial charge in [-0.05, 0) is 39.8 Å². The average Bonchev–Trinajstić information content (AvgIpc) is 2.86. The van der Waals surface area contributed by atoms with Crippen LogP contribution in [0, 0.1) is 0 Å². The molecular formula is C16H22N2O3. The van der Waals surface area contributed by atoms with Gasteiger partial charge in [-0.25, -0.2) is 0 Å². The third-order valence-corrected chi connectivity index (χ3v) is 2.68. The molecule has 21 heavy (non-hydrogen) atoms. The lowest BCUT2D eigenvalue weighted by Crippen LogP contribution is -2.35. The van der Waals surface area contributed by atoms with Crippen LogP contribution >= 0.6 is 0 Å². The molecule has 0 unspecified atom stereocenters. The largest absolute Gasteiger partial charge is 0.490 e. The quantitative estimate of drug-likeness (QED) is 0.878. The van der Waals surface area contributed by atoms with E-state index in [1.54, 1.807) is 6.26 Å². The van der Waals surface area contributed by atoms with Crippen molar-refractivity contribution in [3.05, 3.63) is 36.2 Å². The first kappa shape index (κ1) is 15.4. The van der Waals surface area contributed by atoms with E-state index in [-0.39, 0.29) is 11.6 Å². The van der Waals surface area contributed by atoms with Crippen molar-refractivity contribution in [2.75, 3.05) is 6.61 Å². The SMILES string of the molecule is CCOc1ccccc1Oc1nc(CNC(C)(C)C)co1. The molecule has 0 bridgehead atoms. The maximum absolute atomic E-state index is 5.64. The van der Waals surface area contributed by atoms with Crippen molar-refractivity contribution in [3.8, 4) is 17.6 Å². The van der Waals surface area contributed by atoms with Gasteiger partial charge in [0.25, 0.3) is 0 Å². The van der Waals surface area contributed by atoms with E-state index in [4.69, 9.17) is 13.9 Å².